The lowest BCUT2D eigenvalue weighted by atomic mass is 9.96. The van der Waals surface area contributed by atoms with E-state index < -0.39 is 0 Å². The molecule has 0 aliphatic carbocycles. The number of amides is 1. The Morgan fingerprint density at radius 1 is 1.12 bits per heavy atom. The molecule has 2 aliphatic heterocycles. The van der Waals surface area contributed by atoms with Gasteiger partial charge in [-0.1, -0.05) is 0 Å². The fourth-order valence-electron chi connectivity index (χ4n) is 5.50. The Morgan fingerprint density at radius 3 is 2.56 bits per heavy atom. The molecule has 0 unspecified atom stereocenters. The molecule has 5 rings (SSSR count). The van der Waals surface area contributed by atoms with E-state index in [9.17, 15) is 9.59 Å². The van der Waals surface area contributed by atoms with Crippen LogP contribution < -0.4 is 5.56 Å². The zero-order valence-corrected chi connectivity index (χ0v) is 20.5. The molecule has 0 bridgehead atoms. The SMILES string of the molecule is CCOCC1CCN(C(=O)c2cc3c(cc2C)[nH]c(=O)c2cnn(C4CCN(C)CC4)c23)CC1. The average Bonchev–Trinajstić information content (AvgIpc) is 3.29. The number of aromatic amines is 1. The quantitative estimate of drug-likeness (QED) is 0.625. The number of aryl methyl sites for hydroxylation is 1. The third-order valence-corrected chi connectivity index (χ3v) is 7.63. The van der Waals surface area contributed by atoms with Crippen LogP contribution in [0.5, 0.6) is 0 Å². The van der Waals surface area contributed by atoms with Crippen LogP contribution in [0, 0.1) is 12.8 Å². The predicted molar refractivity (Wildman–Crippen MR) is 133 cm³/mol. The number of carbonyl (C=O) groups is 1. The van der Waals surface area contributed by atoms with E-state index in [1.54, 1.807) is 6.20 Å². The van der Waals surface area contributed by atoms with Crippen molar-refractivity contribution in [2.45, 2.75) is 45.6 Å². The smallest absolute Gasteiger partial charge is 0.259 e. The molecular weight excluding hydrogens is 430 g/mol. The summed E-state index contributed by atoms with van der Waals surface area (Å²) in [5.41, 5.74) is 3.07. The Labute approximate surface area is 199 Å². The van der Waals surface area contributed by atoms with Crippen LogP contribution in [0.1, 0.15) is 54.6 Å². The third-order valence-electron chi connectivity index (χ3n) is 7.63. The van der Waals surface area contributed by atoms with Gasteiger partial charge in [0.05, 0.1) is 28.7 Å². The summed E-state index contributed by atoms with van der Waals surface area (Å²) in [5, 5.41) is 6.13. The van der Waals surface area contributed by atoms with E-state index in [4.69, 9.17) is 4.74 Å². The highest BCUT2D eigenvalue weighted by Gasteiger charge is 2.27. The first-order valence-corrected chi connectivity index (χ1v) is 12.6. The lowest BCUT2D eigenvalue weighted by molar-refractivity contribution is 0.0551. The molecule has 2 fully saturated rings. The van der Waals surface area contributed by atoms with E-state index in [2.05, 4.69) is 22.0 Å². The van der Waals surface area contributed by atoms with E-state index in [1.807, 2.05) is 35.6 Å². The predicted octanol–water partition coefficient (Wildman–Crippen LogP) is 3.34. The van der Waals surface area contributed by atoms with Crippen LogP contribution in [0.4, 0.5) is 0 Å². The first-order valence-electron chi connectivity index (χ1n) is 12.6. The molecule has 4 heterocycles. The molecule has 1 aromatic carbocycles. The number of carbonyl (C=O) groups excluding carboxylic acids is 1. The van der Waals surface area contributed by atoms with Gasteiger partial charge in [-0.05, 0) is 83.3 Å². The number of piperidine rings is 2. The van der Waals surface area contributed by atoms with Gasteiger partial charge in [0.15, 0.2) is 0 Å². The number of likely N-dealkylation sites (tertiary alicyclic amines) is 2. The number of hydrogen-bond donors (Lipinski definition) is 1. The van der Waals surface area contributed by atoms with Gasteiger partial charge in [-0.3, -0.25) is 14.3 Å². The van der Waals surface area contributed by atoms with Crippen LogP contribution in [0.25, 0.3) is 21.8 Å². The van der Waals surface area contributed by atoms with Crippen molar-refractivity contribution in [1.29, 1.82) is 0 Å². The highest BCUT2D eigenvalue weighted by atomic mass is 16.5. The molecule has 8 nitrogen and oxygen atoms in total. The topological polar surface area (TPSA) is 83.5 Å². The van der Waals surface area contributed by atoms with Gasteiger partial charge in [-0.15, -0.1) is 0 Å². The number of nitrogens with zero attached hydrogens (tertiary/aromatic N) is 4. The van der Waals surface area contributed by atoms with Gasteiger partial charge in [0.2, 0.25) is 0 Å². The van der Waals surface area contributed by atoms with Crippen molar-refractivity contribution in [3.63, 3.8) is 0 Å². The summed E-state index contributed by atoms with van der Waals surface area (Å²) in [6.07, 6.45) is 5.61. The highest BCUT2D eigenvalue weighted by molar-refractivity contribution is 6.07. The van der Waals surface area contributed by atoms with Gasteiger partial charge in [-0.25, -0.2) is 0 Å². The van der Waals surface area contributed by atoms with Gasteiger partial charge in [0.1, 0.15) is 0 Å². The van der Waals surface area contributed by atoms with Crippen LogP contribution in [0.15, 0.2) is 23.1 Å². The maximum absolute atomic E-state index is 13.5. The zero-order valence-electron chi connectivity index (χ0n) is 20.5. The first-order chi connectivity index (χ1) is 16.5. The fraction of sp³-hybridized carbons (Fsp3) is 0.577. The summed E-state index contributed by atoms with van der Waals surface area (Å²) in [5.74, 6) is 0.592. The summed E-state index contributed by atoms with van der Waals surface area (Å²) < 4.78 is 7.62. The number of hydrogen-bond acceptors (Lipinski definition) is 5. The van der Waals surface area contributed by atoms with E-state index in [1.165, 1.54) is 0 Å². The van der Waals surface area contributed by atoms with Crippen molar-refractivity contribution in [2.24, 2.45) is 5.92 Å². The Morgan fingerprint density at radius 2 is 1.85 bits per heavy atom. The van der Waals surface area contributed by atoms with Crippen molar-refractivity contribution in [3.05, 3.63) is 39.8 Å². The number of aromatic nitrogens is 3. The second-order valence-corrected chi connectivity index (χ2v) is 9.95. The fourth-order valence-corrected chi connectivity index (χ4v) is 5.50. The van der Waals surface area contributed by atoms with Crippen LogP contribution in [-0.2, 0) is 4.74 Å². The number of rotatable bonds is 5. The molecule has 3 aromatic rings. The van der Waals surface area contributed by atoms with Gasteiger partial charge >= 0.3 is 0 Å². The van der Waals surface area contributed by atoms with Crippen molar-refractivity contribution in [1.82, 2.24) is 24.6 Å². The monoisotopic (exact) mass is 465 g/mol. The summed E-state index contributed by atoms with van der Waals surface area (Å²) in [6, 6.07) is 4.17. The number of ether oxygens (including phenoxy) is 1. The second kappa shape index (κ2) is 9.50. The van der Waals surface area contributed by atoms with E-state index in [0.29, 0.717) is 16.9 Å². The van der Waals surface area contributed by atoms with E-state index >= 15 is 0 Å². The Bertz CT molecular complexity index is 1250. The molecule has 2 saturated heterocycles. The van der Waals surface area contributed by atoms with Crippen molar-refractivity contribution in [3.8, 4) is 0 Å². The summed E-state index contributed by atoms with van der Waals surface area (Å²) in [6.45, 7) is 9.00. The normalized spacial score (nSPS) is 18.9. The molecule has 0 radical (unpaired) electrons. The minimum absolute atomic E-state index is 0.0685. The molecule has 0 atom stereocenters. The molecule has 34 heavy (non-hydrogen) atoms. The van der Waals surface area contributed by atoms with Crippen molar-refractivity contribution >= 4 is 27.7 Å². The third kappa shape index (κ3) is 4.25. The minimum atomic E-state index is -0.128. The molecule has 1 amide bonds. The molecule has 0 spiro atoms. The average molecular weight is 466 g/mol. The van der Waals surface area contributed by atoms with Crippen molar-refractivity contribution in [2.75, 3.05) is 46.4 Å². The zero-order chi connectivity index (χ0) is 23.8. The summed E-state index contributed by atoms with van der Waals surface area (Å²) >= 11 is 0. The number of fused-ring (bicyclic) bond motifs is 3. The van der Waals surface area contributed by atoms with Crippen LogP contribution in [0.2, 0.25) is 0 Å². The van der Waals surface area contributed by atoms with Crippen LogP contribution in [0.3, 0.4) is 0 Å². The molecule has 2 aromatic heterocycles. The van der Waals surface area contributed by atoms with Gasteiger partial charge < -0.3 is 19.5 Å². The van der Waals surface area contributed by atoms with Gasteiger partial charge in [0, 0.05) is 37.3 Å². The van der Waals surface area contributed by atoms with Crippen molar-refractivity contribution < 1.29 is 9.53 Å². The molecule has 0 saturated carbocycles. The number of benzene rings is 1. The Balaban J connectivity index is 1.50. The molecule has 1 N–H and O–H groups in total. The molecular formula is C26H35N5O3. The first kappa shape index (κ1) is 23.1. The van der Waals surface area contributed by atoms with E-state index in [-0.39, 0.29) is 17.5 Å². The van der Waals surface area contributed by atoms with Gasteiger partial charge in [-0.2, -0.15) is 5.10 Å². The maximum Gasteiger partial charge on any atom is 0.259 e. The van der Waals surface area contributed by atoms with Crippen LogP contribution in [-0.4, -0.2) is 76.9 Å². The molecule has 182 valence electrons. The Kier molecular flexibility index (Phi) is 6.44. The largest absolute Gasteiger partial charge is 0.381 e. The molecule has 2 aliphatic rings. The van der Waals surface area contributed by atoms with Crippen LogP contribution >= 0.6 is 0 Å². The lowest BCUT2D eigenvalue weighted by Crippen LogP contribution is -2.39. The molecule has 8 heteroatoms. The number of nitrogens with one attached hydrogen (secondary N) is 1. The number of H-pyrrole nitrogens is 1. The lowest BCUT2D eigenvalue weighted by Gasteiger charge is -2.32. The summed E-state index contributed by atoms with van der Waals surface area (Å²) in [7, 11) is 2.14. The standard InChI is InChI=1S/C26H35N5O3/c1-4-34-16-18-5-11-30(12-6-18)26(33)20-14-21-23(13-17(20)2)28-25(32)22-15-27-31(24(21)22)19-7-9-29(3)10-8-19/h13-15,18-19H,4-12,16H2,1-3H3,(H,28,32). The van der Waals surface area contributed by atoms with Gasteiger partial charge in [0.25, 0.3) is 11.5 Å². The minimum Gasteiger partial charge on any atom is -0.381 e. The maximum atomic E-state index is 13.5. The Hall–Kier alpha value is -2.71. The second-order valence-electron chi connectivity index (χ2n) is 9.95. The summed E-state index contributed by atoms with van der Waals surface area (Å²) in [4.78, 5) is 33.7. The number of pyridine rings is 1. The highest BCUT2D eigenvalue weighted by Crippen LogP contribution is 2.31. The van der Waals surface area contributed by atoms with E-state index in [0.717, 1.165) is 87.1 Å².